The van der Waals surface area contributed by atoms with Crippen molar-refractivity contribution in [1.29, 1.82) is 0 Å². The van der Waals surface area contributed by atoms with Gasteiger partial charge in [-0.3, -0.25) is 9.59 Å². The van der Waals surface area contributed by atoms with Crippen LogP contribution in [0.5, 0.6) is 0 Å². The van der Waals surface area contributed by atoms with Crippen molar-refractivity contribution in [1.82, 2.24) is 5.32 Å². The van der Waals surface area contributed by atoms with Crippen LogP contribution in [-0.4, -0.2) is 30.9 Å². The van der Waals surface area contributed by atoms with E-state index in [4.69, 9.17) is 4.74 Å². The minimum absolute atomic E-state index is 0.0708. The molecule has 2 aliphatic rings. The predicted octanol–water partition coefficient (Wildman–Crippen LogP) is 4.25. The fourth-order valence-corrected chi connectivity index (χ4v) is 3.66. The first-order valence-electron chi connectivity index (χ1n) is 9.85. The van der Waals surface area contributed by atoms with Crippen LogP contribution in [0.25, 0.3) is 11.1 Å². The van der Waals surface area contributed by atoms with Gasteiger partial charge in [0, 0.05) is 30.2 Å². The molecule has 1 aliphatic heterocycles. The third kappa shape index (κ3) is 4.11. The molecule has 2 fully saturated rings. The maximum absolute atomic E-state index is 12.3. The van der Waals surface area contributed by atoms with Gasteiger partial charge in [0.25, 0.3) is 5.91 Å². The first kappa shape index (κ1) is 17.9. The number of ketones is 1. The summed E-state index contributed by atoms with van der Waals surface area (Å²) < 4.78 is 5.53. The second-order valence-corrected chi connectivity index (χ2v) is 7.49. The van der Waals surface area contributed by atoms with Crippen molar-refractivity contribution in [3.05, 3.63) is 59.7 Å². The highest BCUT2D eigenvalue weighted by Gasteiger charge is 2.26. The summed E-state index contributed by atoms with van der Waals surface area (Å²) in [4.78, 5) is 24.6. The van der Waals surface area contributed by atoms with Crippen LogP contribution in [-0.2, 0) is 4.74 Å². The molecule has 4 rings (SSSR count). The molecule has 4 heteroatoms. The largest absolute Gasteiger partial charge is 0.376 e. The van der Waals surface area contributed by atoms with Gasteiger partial charge < -0.3 is 10.1 Å². The fourth-order valence-electron chi connectivity index (χ4n) is 3.66. The van der Waals surface area contributed by atoms with E-state index < -0.39 is 0 Å². The molecule has 1 saturated carbocycles. The molecule has 0 unspecified atom stereocenters. The van der Waals surface area contributed by atoms with Crippen LogP contribution in [0.1, 0.15) is 52.8 Å². The van der Waals surface area contributed by atoms with E-state index in [1.54, 1.807) is 0 Å². The Bertz CT molecular complexity index is 801. The lowest BCUT2D eigenvalue weighted by Gasteiger charge is -2.23. The predicted molar refractivity (Wildman–Crippen MR) is 105 cm³/mol. The molecule has 1 atom stereocenters. The third-order valence-electron chi connectivity index (χ3n) is 5.64. The summed E-state index contributed by atoms with van der Waals surface area (Å²) >= 11 is 0. The van der Waals surface area contributed by atoms with E-state index in [0.717, 1.165) is 49.0 Å². The molecule has 0 spiro atoms. The van der Waals surface area contributed by atoms with E-state index in [-0.39, 0.29) is 23.7 Å². The highest BCUT2D eigenvalue weighted by Crippen LogP contribution is 2.30. The van der Waals surface area contributed by atoms with Crippen LogP contribution >= 0.6 is 0 Å². The second kappa shape index (κ2) is 8.05. The summed E-state index contributed by atoms with van der Waals surface area (Å²) in [5, 5.41) is 2.94. The van der Waals surface area contributed by atoms with E-state index in [9.17, 15) is 9.59 Å². The molecular weight excluding hydrogens is 338 g/mol. The molecule has 0 aromatic heterocycles. The molecule has 1 aliphatic carbocycles. The SMILES string of the molecule is O=C(NC[C@@H]1CCCO1)c1ccc(-c2ccc(C(=O)C3CCC3)cc2)cc1. The summed E-state index contributed by atoms with van der Waals surface area (Å²) in [5.74, 6) is 0.424. The average Bonchev–Trinajstić information content (AvgIpc) is 3.18. The maximum Gasteiger partial charge on any atom is 0.251 e. The normalized spacial score (nSPS) is 19.5. The number of carbonyl (C=O) groups is 2. The lowest BCUT2D eigenvalue weighted by molar-refractivity contribution is 0.0851. The molecule has 0 radical (unpaired) electrons. The Morgan fingerprint density at radius 3 is 2.00 bits per heavy atom. The summed E-state index contributed by atoms with van der Waals surface area (Å²) in [5.41, 5.74) is 3.53. The van der Waals surface area contributed by atoms with Crippen LogP contribution < -0.4 is 5.32 Å². The number of nitrogens with one attached hydrogen (secondary N) is 1. The molecule has 1 amide bonds. The molecule has 140 valence electrons. The van der Waals surface area contributed by atoms with Gasteiger partial charge in [-0.2, -0.15) is 0 Å². The van der Waals surface area contributed by atoms with Gasteiger partial charge in [0.15, 0.2) is 5.78 Å². The lowest BCUT2D eigenvalue weighted by Crippen LogP contribution is -2.31. The minimum Gasteiger partial charge on any atom is -0.376 e. The van der Waals surface area contributed by atoms with Crippen LogP contribution in [0.2, 0.25) is 0 Å². The van der Waals surface area contributed by atoms with Gasteiger partial charge in [-0.15, -0.1) is 0 Å². The Labute approximate surface area is 159 Å². The molecule has 2 aromatic rings. The Morgan fingerprint density at radius 1 is 0.852 bits per heavy atom. The molecular formula is C23H25NO3. The summed E-state index contributed by atoms with van der Waals surface area (Å²) in [7, 11) is 0. The Kier molecular flexibility index (Phi) is 5.35. The number of Topliss-reactive ketones (excluding diaryl/α,β-unsaturated/α-hetero) is 1. The van der Waals surface area contributed by atoms with Crippen molar-refractivity contribution in [3.8, 4) is 11.1 Å². The van der Waals surface area contributed by atoms with E-state index >= 15 is 0 Å². The summed E-state index contributed by atoms with van der Waals surface area (Å²) in [6.07, 6.45) is 5.45. The van der Waals surface area contributed by atoms with E-state index in [2.05, 4.69) is 5.32 Å². The van der Waals surface area contributed by atoms with Crippen molar-refractivity contribution in [2.45, 2.75) is 38.2 Å². The smallest absolute Gasteiger partial charge is 0.251 e. The second-order valence-electron chi connectivity index (χ2n) is 7.49. The maximum atomic E-state index is 12.3. The molecule has 2 aromatic carbocycles. The van der Waals surface area contributed by atoms with Gasteiger partial charge in [-0.25, -0.2) is 0 Å². The van der Waals surface area contributed by atoms with E-state index in [1.165, 1.54) is 6.42 Å². The summed E-state index contributed by atoms with van der Waals surface area (Å²) in [6.45, 7) is 1.36. The van der Waals surface area contributed by atoms with Crippen LogP contribution in [0.3, 0.4) is 0 Å². The Morgan fingerprint density at radius 2 is 1.48 bits per heavy atom. The van der Waals surface area contributed by atoms with Gasteiger partial charge in [0.1, 0.15) is 0 Å². The van der Waals surface area contributed by atoms with Crippen molar-refractivity contribution >= 4 is 11.7 Å². The number of ether oxygens (including phenoxy) is 1. The lowest BCUT2D eigenvalue weighted by atomic mass is 9.80. The zero-order valence-electron chi connectivity index (χ0n) is 15.4. The van der Waals surface area contributed by atoms with E-state index in [1.807, 2.05) is 48.5 Å². The van der Waals surface area contributed by atoms with Crippen molar-refractivity contribution < 1.29 is 14.3 Å². The van der Waals surface area contributed by atoms with Crippen LogP contribution in [0.15, 0.2) is 48.5 Å². The fraction of sp³-hybridized carbons (Fsp3) is 0.391. The van der Waals surface area contributed by atoms with Gasteiger partial charge in [-0.1, -0.05) is 42.8 Å². The molecule has 4 nitrogen and oxygen atoms in total. The molecule has 27 heavy (non-hydrogen) atoms. The van der Waals surface area contributed by atoms with Gasteiger partial charge in [-0.05, 0) is 48.9 Å². The molecule has 1 saturated heterocycles. The zero-order valence-corrected chi connectivity index (χ0v) is 15.4. The molecule has 0 bridgehead atoms. The minimum atomic E-state index is -0.0708. The summed E-state index contributed by atoms with van der Waals surface area (Å²) in [6, 6.07) is 15.4. The standard InChI is InChI=1S/C23H25NO3/c25-22(18-3-1-4-18)19-10-6-16(7-11-19)17-8-12-20(13-9-17)23(26)24-15-21-5-2-14-27-21/h6-13,18,21H,1-5,14-15H2,(H,24,26)/t21-/m0/s1. The number of hydrogen-bond donors (Lipinski definition) is 1. The third-order valence-corrected chi connectivity index (χ3v) is 5.64. The van der Waals surface area contributed by atoms with Gasteiger partial charge >= 0.3 is 0 Å². The number of rotatable bonds is 6. The number of benzene rings is 2. The molecule has 1 N–H and O–H groups in total. The first-order valence-corrected chi connectivity index (χ1v) is 9.85. The number of amides is 1. The van der Waals surface area contributed by atoms with Crippen LogP contribution in [0, 0.1) is 5.92 Å². The van der Waals surface area contributed by atoms with Gasteiger partial charge in [0.05, 0.1) is 6.10 Å². The molecule has 1 heterocycles. The quantitative estimate of drug-likeness (QED) is 0.781. The number of hydrogen-bond acceptors (Lipinski definition) is 3. The monoisotopic (exact) mass is 363 g/mol. The van der Waals surface area contributed by atoms with Crippen LogP contribution in [0.4, 0.5) is 0 Å². The zero-order chi connectivity index (χ0) is 18.6. The van der Waals surface area contributed by atoms with Crippen molar-refractivity contribution in [2.24, 2.45) is 5.92 Å². The van der Waals surface area contributed by atoms with E-state index in [0.29, 0.717) is 12.1 Å². The van der Waals surface area contributed by atoms with Crippen molar-refractivity contribution in [3.63, 3.8) is 0 Å². The number of carbonyl (C=O) groups excluding carboxylic acids is 2. The Hall–Kier alpha value is -2.46. The highest BCUT2D eigenvalue weighted by atomic mass is 16.5. The average molecular weight is 363 g/mol. The highest BCUT2D eigenvalue weighted by molar-refractivity contribution is 5.98. The van der Waals surface area contributed by atoms with Gasteiger partial charge in [0.2, 0.25) is 0 Å². The Balaban J connectivity index is 1.37. The van der Waals surface area contributed by atoms with Crippen molar-refractivity contribution in [2.75, 3.05) is 13.2 Å². The topological polar surface area (TPSA) is 55.4 Å². The first-order chi connectivity index (χ1) is 13.2.